The normalized spacial score (nSPS) is 12.8. The van der Waals surface area contributed by atoms with Crippen LogP contribution >= 0.6 is 0 Å². The summed E-state index contributed by atoms with van der Waals surface area (Å²) in [6.07, 6.45) is 1.83. The van der Waals surface area contributed by atoms with Crippen LogP contribution in [0.5, 0.6) is 0 Å². The van der Waals surface area contributed by atoms with E-state index in [4.69, 9.17) is 4.74 Å². The van der Waals surface area contributed by atoms with Gasteiger partial charge < -0.3 is 4.74 Å². The van der Waals surface area contributed by atoms with E-state index in [0.717, 1.165) is 16.5 Å². The number of hydrogen-bond acceptors (Lipinski definition) is 3. The van der Waals surface area contributed by atoms with E-state index in [2.05, 4.69) is 4.98 Å². The van der Waals surface area contributed by atoms with Crippen LogP contribution in [0.25, 0.3) is 10.9 Å². The van der Waals surface area contributed by atoms with E-state index in [0.29, 0.717) is 13.0 Å². The van der Waals surface area contributed by atoms with E-state index in [9.17, 15) is 4.79 Å². The van der Waals surface area contributed by atoms with Gasteiger partial charge in [-0.1, -0.05) is 32.0 Å². The Bertz CT molecular complexity index is 587. The molecule has 1 heterocycles. The predicted molar refractivity (Wildman–Crippen MR) is 80.7 cm³/mol. The van der Waals surface area contributed by atoms with Crippen LogP contribution in [0, 0.1) is 5.92 Å². The molecule has 0 saturated carbocycles. The minimum atomic E-state index is -0.327. The molecule has 3 nitrogen and oxygen atoms in total. The van der Waals surface area contributed by atoms with E-state index in [1.165, 1.54) is 0 Å². The fraction of sp³-hybridized carbons (Fsp3) is 0.412. The van der Waals surface area contributed by atoms with Crippen molar-refractivity contribution in [1.29, 1.82) is 0 Å². The Labute approximate surface area is 120 Å². The summed E-state index contributed by atoms with van der Waals surface area (Å²) in [6, 6.07) is 9.82. The molecule has 0 radical (unpaired) electrons. The summed E-state index contributed by atoms with van der Waals surface area (Å²) in [5.41, 5.74) is 1.95. The summed E-state index contributed by atoms with van der Waals surface area (Å²) in [5.74, 6) is 0.328. The molecule has 1 unspecified atom stereocenters. The van der Waals surface area contributed by atoms with E-state index < -0.39 is 0 Å². The van der Waals surface area contributed by atoms with Crippen molar-refractivity contribution < 1.29 is 9.53 Å². The zero-order valence-electron chi connectivity index (χ0n) is 12.3. The molecule has 1 atom stereocenters. The highest BCUT2D eigenvalue weighted by molar-refractivity contribution is 5.91. The fourth-order valence-electron chi connectivity index (χ4n) is 2.43. The number of rotatable bonds is 6. The topological polar surface area (TPSA) is 39.2 Å². The molecule has 0 aliphatic carbocycles. The van der Waals surface area contributed by atoms with Crippen LogP contribution in [0.4, 0.5) is 0 Å². The van der Waals surface area contributed by atoms with Crippen molar-refractivity contribution in [2.75, 3.05) is 6.61 Å². The average Bonchev–Trinajstić information content (AvgIpc) is 2.44. The standard InChI is InChI=1S/C17H21NO2/c1-4-20-17(12(2)3)16(19)11-13-9-10-18-15-8-6-5-7-14(13)15/h5-10,12,17H,4,11H2,1-3H3. The summed E-state index contributed by atoms with van der Waals surface area (Å²) < 4.78 is 5.58. The molecule has 2 aromatic rings. The molecule has 0 N–H and O–H groups in total. The number of benzene rings is 1. The van der Waals surface area contributed by atoms with E-state index in [1.807, 2.05) is 51.1 Å². The van der Waals surface area contributed by atoms with Crippen molar-refractivity contribution in [1.82, 2.24) is 4.98 Å². The maximum atomic E-state index is 12.4. The molecular weight excluding hydrogens is 250 g/mol. The van der Waals surface area contributed by atoms with Gasteiger partial charge in [0.15, 0.2) is 5.78 Å². The second-order valence-electron chi connectivity index (χ2n) is 5.25. The predicted octanol–water partition coefficient (Wildman–Crippen LogP) is 3.41. The lowest BCUT2D eigenvalue weighted by Gasteiger charge is -2.19. The van der Waals surface area contributed by atoms with E-state index in [1.54, 1.807) is 6.20 Å². The van der Waals surface area contributed by atoms with Gasteiger partial charge in [-0.15, -0.1) is 0 Å². The Kier molecular flexibility index (Phi) is 4.85. The molecule has 0 bridgehead atoms. The number of aromatic nitrogens is 1. The van der Waals surface area contributed by atoms with Gasteiger partial charge in [-0.05, 0) is 30.5 Å². The number of Topliss-reactive ketones (excluding diaryl/α,β-unsaturated/α-hetero) is 1. The molecule has 2 rings (SSSR count). The van der Waals surface area contributed by atoms with Crippen LogP contribution in [0.15, 0.2) is 36.5 Å². The molecule has 1 aromatic carbocycles. The second-order valence-corrected chi connectivity index (χ2v) is 5.25. The van der Waals surface area contributed by atoms with Crippen molar-refractivity contribution in [2.24, 2.45) is 5.92 Å². The molecule has 20 heavy (non-hydrogen) atoms. The average molecular weight is 271 g/mol. The Morgan fingerprint density at radius 3 is 2.70 bits per heavy atom. The first-order chi connectivity index (χ1) is 9.63. The lowest BCUT2D eigenvalue weighted by atomic mass is 9.96. The Hall–Kier alpha value is -1.74. The molecule has 0 saturated heterocycles. The first-order valence-corrected chi connectivity index (χ1v) is 7.10. The van der Waals surface area contributed by atoms with Crippen molar-refractivity contribution in [2.45, 2.75) is 33.3 Å². The third-order valence-corrected chi connectivity index (χ3v) is 3.37. The minimum Gasteiger partial charge on any atom is -0.370 e. The van der Waals surface area contributed by atoms with Gasteiger partial charge in [-0.3, -0.25) is 9.78 Å². The van der Waals surface area contributed by atoms with Gasteiger partial charge in [0.2, 0.25) is 0 Å². The number of para-hydroxylation sites is 1. The van der Waals surface area contributed by atoms with Crippen LogP contribution in [-0.2, 0) is 16.0 Å². The molecule has 0 aliphatic rings. The monoisotopic (exact) mass is 271 g/mol. The number of carbonyl (C=O) groups is 1. The molecule has 0 spiro atoms. The highest BCUT2D eigenvalue weighted by Crippen LogP contribution is 2.19. The van der Waals surface area contributed by atoms with E-state index in [-0.39, 0.29) is 17.8 Å². The van der Waals surface area contributed by atoms with Crippen LogP contribution in [-0.4, -0.2) is 23.5 Å². The first-order valence-electron chi connectivity index (χ1n) is 7.10. The lowest BCUT2D eigenvalue weighted by Crippen LogP contribution is -2.31. The number of pyridine rings is 1. The number of carbonyl (C=O) groups excluding carboxylic acids is 1. The van der Waals surface area contributed by atoms with Crippen LogP contribution in [0.2, 0.25) is 0 Å². The van der Waals surface area contributed by atoms with Crippen LogP contribution in [0.1, 0.15) is 26.3 Å². The number of ketones is 1. The maximum Gasteiger partial charge on any atom is 0.166 e. The number of nitrogens with zero attached hydrogens (tertiary/aromatic N) is 1. The van der Waals surface area contributed by atoms with Crippen molar-refractivity contribution in [3.05, 3.63) is 42.1 Å². The van der Waals surface area contributed by atoms with Crippen molar-refractivity contribution in [3.63, 3.8) is 0 Å². The SMILES string of the molecule is CCOC(C(=O)Cc1ccnc2ccccc12)C(C)C. The maximum absolute atomic E-state index is 12.4. The van der Waals surface area contributed by atoms with Gasteiger partial charge >= 0.3 is 0 Å². The largest absolute Gasteiger partial charge is 0.370 e. The number of hydrogen-bond donors (Lipinski definition) is 0. The highest BCUT2D eigenvalue weighted by atomic mass is 16.5. The van der Waals surface area contributed by atoms with Crippen molar-refractivity contribution >= 4 is 16.7 Å². The molecular formula is C17H21NO2. The Balaban J connectivity index is 2.25. The quantitative estimate of drug-likeness (QED) is 0.808. The van der Waals surface area contributed by atoms with E-state index >= 15 is 0 Å². The van der Waals surface area contributed by atoms with Gasteiger partial charge in [0.1, 0.15) is 6.10 Å². The van der Waals surface area contributed by atoms with Gasteiger partial charge in [-0.2, -0.15) is 0 Å². The Morgan fingerprint density at radius 1 is 1.25 bits per heavy atom. The zero-order chi connectivity index (χ0) is 14.5. The summed E-state index contributed by atoms with van der Waals surface area (Å²) in [6.45, 7) is 6.52. The smallest absolute Gasteiger partial charge is 0.166 e. The molecule has 0 fully saturated rings. The number of fused-ring (bicyclic) bond motifs is 1. The van der Waals surface area contributed by atoms with Gasteiger partial charge in [0.05, 0.1) is 5.52 Å². The van der Waals surface area contributed by atoms with Gasteiger partial charge in [0, 0.05) is 24.6 Å². The summed E-state index contributed by atoms with van der Waals surface area (Å²) in [5, 5.41) is 1.04. The molecule has 1 aromatic heterocycles. The fourth-order valence-corrected chi connectivity index (χ4v) is 2.43. The third-order valence-electron chi connectivity index (χ3n) is 3.37. The van der Waals surface area contributed by atoms with Crippen molar-refractivity contribution in [3.8, 4) is 0 Å². The lowest BCUT2D eigenvalue weighted by molar-refractivity contribution is -0.132. The third kappa shape index (κ3) is 3.23. The summed E-state index contributed by atoms with van der Waals surface area (Å²) >= 11 is 0. The second kappa shape index (κ2) is 6.62. The van der Waals surface area contributed by atoms with Crippen LogP contribution < -0.4 is 0 Å². The summed E-state index contributed by atoms with van der Waals surface area (Å²) in [4.78, 5) is 16.8. The zero-order valence-corrected chi connectivity index (χ0v) is 12.3. The highest BCUT2D eigenvalue weighted by Gasteiger charge is 2.22. The van der Waals surface area contributed by atoms with Gasteiger partial charge in [-0.25, -0.2) is 0 Å². The molecule has 106 valence electrons. The van der Waals surface area contributed by atoms with Gasteiger partial charge in [0.25, 0.3) is 0 Å². The first kappa shape index (κ1) is 14.7. The number of ether oxygens (including phenoxy) is 1. The molecule has 0 amide bonds. The molecule has 3 heteroatoms. The van der Waals surface area contributed by atoms with Crippen LogP contribution in [0.3, 0.4) is 0 Å². The Morgan fingerprint density at radius 2 is 2.00 bits per heavy atom. The molecule has 0 aliphatic heterocycles. The minimum absolute atomic E-state index is 0.137. The summed E-state index contributed by atoms with van der Waals surface area (Å²) in [7, 11) is 0.